The van der Waals surface area contributed by atoms with E-state index in [4.69, 9.17) is 21.1 Å². The van der Waals surface area contributed by atoms with Crippen molar-refractivity contribution in [3.8, 4) is 11.5 Å². The molecule has 1 N–H and O–H groups in total. The lowest BCUT2D eigenvalue weighted by atomic mass is 10.2. The molecule has 0 aliphatic carbocycles. The van der Waals surface area contributed by atoms with E-state index in [-0.39, 0.29) is 5.91 Å². The van der Waals surface area contributed by atoms with Gasteiger partial charge in [0.05, 0.1) is 13.3 Å². The summed E-state index contributed by atoms with van der Waals surface area (Å²) in [5, 5.41) is 4.59. The summed E-state index contributed by atoms with van der Waals surface area (Å²) in [6, 6.07) is 12.6. The standard InChI is InChI=1S/C18H19ClN2O3/c1-12-9-16(7-8-17(12)19)24-13(2)18(22)21-20-11-14-5-4-6-15(10-14)23-3/h4-11,13H,1-3H3,(H,21,22)/b20-11-/t13-/m1/s1. The first-order valence-electron chi connectivity index (χ1n) is 7.39. The molecule has 0 unspecified atom stereocenters. The van der Waals surface area contributed by atoms with Crippen molar-refractivity contribution in [3.05, 3.63) is 58.6 Å². The van der Waals surface area contributed by atoms with E-state index in [9.17, 15) is 4.79 Å². The van der Waals surface area contributed by atoms with Gasteiger partial charge in [0.25, 0.3) is 5.91 Å². The SMILES string of the molecule is COc1cccc(/C=N\NC(=O)[C@@H](C)Oc2ccc(Cl)c(C)c2)c1. The largest absolute Gasteiger partial charge is 0.497 e. The van der Waals surface area contributed by atoms with Gasteiger partial charge in [0.2, 0.25) is 0 Å². The minimum absolute atomic E-state index is 0.346. The average Bonchev–Trinajstić information content (AvgIpc) is 2.58. The first-order valence-corrected chi connectivity index (χ1v) is 7.77. The monoisotopic (exact) mass is 346 g/mol. The van der Waals surface area contributed by atoms with Gasteiger partial charge in [-0.05, 0) is 55.3 Å². The highest BCUT2D eigenvalue weighted by atomic mass is 35.5. The lowest BCUT2D eigenvalue weighted by Gasteiger charge is -2.13. The molecule has 24 heavy (non-hydrogen) atoms. The van der Waals surface area contributed by atoms with Crippen LogP contribution in [0.3, 0.4) is 0 Å². The summed E-state index contributed by atoms with van der Waals surface area (Å²) < 4.78 is 10.7. The van der Waals surface area contributed by atoms with Crippen LogP contribution in [0.15, 0.2) is 47.6 Å². The third kappa shape index (κ3) is 4.99. The molecule has 0 aromatic heterocycles. The molecular weight excluding hydrogens is 328 g/mol. The summed E-state index contributed by atoms with van der Waals surface area (Å²) in [4.78, 5) is 12.0. The zero-order valence-electron chi connectivity index (χ0n) is 13.7. The lowest BCUT2D eigenvalue weighted by Crippen LogP contribution is -2.33. The molecular formula is C18H19ClN2O3. The number of halogens is 1. The van der Waals surface area contributed by atoms with Crippen molar-refractivity contribution in [2.45, 2.75) is 20.0 Å². The topological polar surface area (TPSA) is 59.9 Å². The Labute approximate surface area is 146 Å². The van der Waals surface area contributed by atoms with Crippen molar-refractivity contribution in [1.82, 2.24) is 5.43 Å². The van der Waals surface area contributed by atoms with E-state index >= 15 is 0 Å². The summed E-state index contributed by atoms with van der Waals surface area (Å²) in [6.45, 7) is 3.53. The third-order valence-electron chi connectivity index (χ3n) is 3.29. The molecule has 0 aliphatic rings. The number of methoxy groups -OCH3 is 1. The molecule has 5 nitrogen and oxygen atoms in total. The van der Waals surface area contributed by atoms with E-state index in [1.165, 1.54) is 0 Å². The summed E-state index contributed by atoms with van der Waals surface area (Å²) in [7, 11) is 1.59. The first kappa shape index (κ1) is 17.8. The normalized spacial score (nSPS) is 12.0. The Morgan fingerprint density at radius 2 is 2.04 bits per heavy atom. The van der Waals surface area contributed by atoms with E-state index in [1.54, 1.807) is 38.4 Å². The summed E-state index contributed by atoms with van der Waals surface area (Å²) in [6.07, 6.45) is 0.854. The van der Waals surface area contributed by atoms with Crippen molar-refractivity contribution in [2.24, 2.45) is 5.10 Å². The van der Waals surface area contributed by atoms with Crippen molar-refractivity contribution >= 4 is 23.7 Å². The highest BCUT2D eigenvalue weighted by Crippen LogP contribution is 2.21. The Kier molecular flexibility index (Phi) is 6.21. The number of rotatable bonds is 6. The Hall–Kier alpha value is -2.53. The molecule has 0 radical (unpaired) electrons. The molecule has 6 heteroatoms. The quantitative estimate of drug-likeness (QED) is 0.642. The van der Waals surface area contributed by atoms with Gasteiger partial charge >= 0.3 is 0 Å². The number of nitrogens with zero attached hydrogens (tertiary/aromatic N) is 1. The van der Waals surface area contributed by atoms with Crippen LogP contribution >= 0.6 is 11.6 Å². The smallest absolute Gasteiger partial charge is 0.280 e. The lowest BCUT2D eigenvalue weighted by molar-refractivity contribution is -0.127. The fraction of sp³-hybridized carbons (Fsp3) is 0.222. The van der Waals surface area contributed by atoms with Gasteiger partial charge in [-0.1, -0.05) is 23.7 Å². The van der Waals surface area contributed by atoms with Gasteiger partial charge in [0.15, 0.2) is 6.10 Å². The van der Waals surface area contributed by atoms with E-state index in [0.717, 1.165) is 16.9 Å². The van der Waals surface area contributed by atoms with Crippen LogP contribution in [0.25, 0.3) is 0 Å². The van der Waals surface area contributed by atoms with Gasteiger partial charge in [-0.3, -0.25) is 4.79 Å². The number of ether oxygens (including phenoxy) is 2. The molecule has 1 atom stereocenters. The maximum absolute atomic E-state index is 12.0. The van der Waals surface area contributed by atoms with Crippen LogP contribution in [0, 0.1) is 6.92 Å². The van der Waals surface area contributed by atoms with E-state index < -0.39 is 6.10 Å². The zero-order chi connectivity index (χ0) is 17.5. The highest BCUT2D eigenvalue weighted by molar-refractivity contribution is 6.31. The second-order valence-corrected chi connectivity index (χ2v) is 5.59. The highest BCUT2D eigenvalue weighted by Gasteiger charge is 2.14. The number of carbonyl (C=O) groups excluding carboxylic acids is 1. The maximum atomic E-state index is 12.0. The number of aryl methyl sites for hydroxylation is 1. The zero-order valence-corrected chi connectivity index (χ0v) is 14.5. The molecule has 2 rings (SSSR count). The van der Waals surface area contributed by atoms with Gasteiger partial charge in [0, 0.05) is 5.02 Å². The Balaban J connectivity index is 1.91. The molecule has 2 aromatic rings. The molecule has 0 saturated heterocycles. The molecule has 2 aromatic carbocycles. The molecule has 1 amide bonds. The molecule has 0 heterocycles. The molecule has 126 valence electrons. The molecule has 0 saturated carbocycles. The van der Waals surface area contributed by atoms with Crippen LogP contribution in [0.4, 0.5) is 0 Å². The van der Waals surface area contributed by atoms with Crippen LogP contribution < -0.4 is 14.9 Å². The number of hydrazone groups is 1. The maximum Gasteiger partial charge on any atom is 0.280 e. The minimum Gasteiger partial charge on any atom is -0.497 e. The van der Waals surface area contributed by atoms with E-state index in [0.29, 0.717) is 10.8 Å². The van der Waals surface area contributed by atoms with Crippen LogP contribution in [-0.4, -0.2) is 25.3 Å². The van der Waals surface area contributed by atoms with Gasteiger partial charge < -0.3 is 9.47 Å². The fourth-order valence-corrected chi connectivity index (χ4v) is 2.05. The van der Waals surface area contributed by atoms with Gasteiger partial charge in [0.1, 0.15) is 11.5 Å². The Morgan fingerprint density at radius 1 is 1.25 bits per heavy atom. The van der Waals surface area contributed by atoms with Gasteiger partial charge in [-0.15, -0.1) is 0 Å². The van der Waals surface area contributed by atoms with Crippen LogP contribution in [0.2, 0.25) is 5.02 Å². The van der Waals surface area contributed by atoms with Crippen LogP contribution in [0.1, 0.15) is 18.1 Å². The van der Waals surface area contributed by atoms with Crippen molar-refractivity contribution in [3.63, 3.8) is 0 Å². The molecule has 0 bridgehead atoms. The van der Waals surface area contributed by atoms with E-state index in [1.807, 2.05) is 31.2 Å². The third-order valence-corrected chi connectivity index (χ3v) is 3.72. The summed E-state index contributed by atoms with van der Waals surface area (Å²) >= 11 is 5.97. The van der Waals surface area contributed by atoms with E-state index in [2.05, 4.69) is 10.5 Å². The number of hydrogen-bond acceptors (Lipinski definition) is 4. The number of carbonyl (C=O) groups is 1. The summed E-state index contributed by atoms with van der Waals surface area (Å²) in [5.41, 5.74) is 4.16. The predicted octanol–water partition coefficient (Wildman–Crippen LogP) is 3.57. The van der Waals surface area contributed by atoms with Crippen LogP contribution in [-0.2, 0) is 4.79 Å². The fourth-order valence-electron chi connectivity index (χ4n) is 1.93. The minimum atomic E-state index is -0.687. The van der Waals surface area contributed by atoms with Crippen LogP contribution in [0.5, 0.6) is 11.5 Å². The first-order chi connectivity index (χ1) is 11.5. The van der Waals surface area contributed by atoms with Crippen molar-refractivity contribution in [2.75, 3.05) is 7.11 Å². The average molecular weight is 347 g/mol. The van der Waals surface area contributed by atoms with Gasteiger partial charge in [-0.2, -0.15) is 5.10 Å². The Bertz CT molecular complexity index is 747. The predicted molar refractivity (Wildman–Crippen MR) is 95.0 cm³/mol. The number of amides is 1. The van der Waals surface area contributed by atoms with Gasteiger partial charge in [-0.25, -0.2) is 5.43 Å². The molecule has 0 aliphatic heterocycles. The van der Waals surface area contributed by atoms with Crippen molar-refractivity contribution in [1.29, 1.82) is 0 Å². The summed E-state index contributed by atoms with van der Waals surface area (Å²) in [5.74, 6) is 0.957. The second kappa shape index (κ2) is 8.36. The second-order valence-electron chi connectivity index (χ2n) is 5.18. The number of benzene rings is 2. The number of nitrogens with one attached hydrogen (secondary N) is 1. The molecule has 0 fully saturated rings. The molecule has 0 spiro atoms. The van der Waals surface area contributed by atoms with Crippen molar-refractivity contribution < 1.29 is 14.3 Å². The Morgan fingerprint density at radius 3 is 2.75 bits per heavy atom. The number of hydrogen-bond donors (Lipinski definition) is 1.